The van der Waals surface area contributed by atoms with Crippen LogP contribution in [0, 0.1) is 0 Å². The number of aliphatic hydroxyl groups is 3. The maximum absolute atomic E-state index is 12.0. The highest BCUT2D eigenvalue weighted by atomic mass is 16.6. The summed E-state index contributed by atoms with van der Waals surface area (Å²) < 4.78 is 15.7. The van der Waals surface area contributed by atoms with Crippen LogP contribution < -0.4 is 11.0 Å². The summed E-state index contributed by atoms with van der Waals surface area (Å²) in [6.45, 7) is -0.237. The van der Waals surface area contributed by atoms with Crippen LogP contribution >= 0.6 is 0 Å². The van der Waals surface area contributed by atoms with Gasteiger partial charge in [0.2, 0.25) is 0 Å². The molecule has 11 heteroatoms. The van der Waals surface area contributed by atoms with Gasteiger partial charge in [-0.1, -0.05) is 0 Å². The number of carbonyl (C=O) groups is 1. The Labute approximate surface area is 136 Å². The van der Waals surface area contributed by atoms with Gasteiger partial charge in [0.15, 0.2) is 6.23 Å². The number of ether oxygens (including phenoxy) is 3. The van der Waals surface area contributed by atoms with Crippen molar-refractivity contribution < 1.29 is 34.3 Å². The number of nitrogens with one attached hydrogen (secondary N) is 1. The molecule has 1 fully saturated rings. The molecule has 0 radical (unpaired) electrons. The molecule has 1 saturated heterocycles. The summed E-state index contributed by atoms with van der Waals surface area (Å²) in [6.07, 6.45) is -4.50. The number of nitrogens with zero attached hydrogens (tertiary/aromatic N) is 2. The molecule has 1 amide bonds. The lowest BCUT2D eigenvalue weighted by Crippen LogP contribution is -2.36. The Kier molecular flexibility index (Phi) is 6.23. The number of rotatable bonds is 6. The molecule has 11 nitrogen and oxygen atoms in total. The Morgan fingerprint density at radius 2 is 2.17 bits per heavy atom. The molecule has 0 bridgehead atoms. The van der Waals surface area contributed by atoms with Crippen molar-refractivity contribution in [2.45, 2.75) is 24.5 Å². The number of amides is 1. The third-order valence-electron chi connectivity index (χ3n) is 3.37. The van der Waals surface area contributed by atoms with Gasteiger partial charge < -0.3 is 29.5 Å². The minimum absolute atomic E-state index is 0.0436. The van der Waals surface area contributed by atoms with E-state index in [9.17, 15) is 19.8 Å². The highest BCUT2D eigenvalue weighted by Crippen LogP contribution is 2.28. The molecule has 1 aliphatic heterocycles. The molecule has 1 aromatic rings. The molecule has 4 atom stereocenters. The summed E-state index contributed by atoms with van der Waals surface area (Å²) in [4.78, 5) is 27.1. The number of aromatic nitrogens is 2. The number of aliphatic hydroxyl groups excluding tert-OH is 3. The van der Waals surface area contributed by atoms with E-state index in [4.69, 9.17) is 19.3 Å². The fraction of sp³-hybridized carbons (Fsp3) is 0.615. The molecule has 2 rings (SSSR count). The van der Waals surface area contributed by atoms with Crippen molar-refractivity contribution in [2.24, 2.45) is 0 Å². The Hall–Kier alpha value is -2.05. The Morgan fingerprint density at radius 3 is 2.75 bits per heavy atom. The SMILES string of the molecule is COCCOC(=O)Nc1ccn([C@@H]2O[C@H](CO)[C@@H](O)[C@@H]2O)c(=O)n1. The molecule has 0 aliphatic carbocycles. The van der Waals surface area contributed by atoms with Crippen molar-refractivity contribution in [1.82, 2.24) is 9.55 Å². The van der Waals surface area contributed by atoms with Crippen LogP contribution in [0.3, 0.4) is 0 Å². The number of carbonyl (C=O) groups excluding carboxylic acids is 1. The van der Waals surface area contributed by atoms with Crippen LogP contribution in [0.2, 0.25) is 0 Å². The first-order chi connectivity index (χ1) is 11.5. The highest BCUT2D eigenvalue weighted by molar-refractivity contribution is 5.83. The van der Waals surface area contributed by atoms with Crippen LogP contribution in [0.1, 0.15) is 6.23 Å². The van der Waals surface area contributed by atoms with Crippen LogP contribution in [-0.2, 0) is 14.2 Å². The number of anilines is 1. The second-order valence-corrected chi connectivity index (χ2v) is 4.99. The fourth-order valence-corrected chi connectivity index (χ4v) is 2.14. The molecule has 0 unspecified atom stereocenters. The molecule has 1 aromatic heterocycles. The maximum Gasteiger partial charge on any atom is 0.412 e. The maximum atomic E-state index is 12.0. The second-order valence-electron chi connectivity index (χ2n) is 4.99. The van der Waals surface area contributed by atoms with E-state index in [2.05, 4.69) is 10.3 Å². The third kappa shape index (κ3) is 4.07. The summed E-state index contributed by atoms with van der Waals surface area (Å²) >= 11 is 0. The smallest absolute Gasteiger partial charge is 0.412 e. The Bertz CT molecular complexity index is 621. The molecule has 134 valence electrons. The van der Waals surface area contributed by atoms with Gasteiger partial charge in [-0.25, -0.2) is 9.59 Å². The summed E-state index contributed by atoms with van der Waals surface area (Å²) in [7, 11) is 1.46. The zero-order valence-electron chi connectivity index (χ0n) is 12.9. The van der Waals surface area contributed by atoms with E-state index in [1.165, 1.54) is 19.4 Å². The summed E-state index contributed by atoms with van der Waals surface area (Å²) in [5.41, 5.74) is -0.820. The Balaban J connectivity index is 2.05. The molecule has 0 spiro atoms. The predicted molar refractivity (Wildman–Crippen MR) is 78.4 cm³/mol. The number of hydrogen-bond acceptors (Lipinski definition) is 9. The van der Waals surface area contributed by atoms with Gasteiger partial charge in [0, 0.05) is 13.3 Å². The van der Waals surface area contributed by atoms with Crippen LogP contribution in [0.5, 0.6) is 0 Å². The van der Waals surface area contributed by atoms with Gasteiger partial charge in [-0.15, -0.1) is 0 Å². The van der Waals surface area contributed by atoms with Gasteiger partial charge in [-0.3, -0.25) is 9.88 Å². The minimum Gasteiger partial charge on any atom is -0.447 e. The molecule has 4 N–H and O–H groups in total. The first kappa shape index (κ1) is 18.3. The molecule has 1 aliphatic rings. The highest BCUT2D eigenvalue weighted by Gasteiger charge is 2.43. The zero-order valence-corrected chi connectivity index (χ0v) is 12.9. The first-order valence-corrected chi connectivity index (χ1v) is 7.12. The van der Waals surface area contributed by atoms with Crippen molar-refractivity contribution >= 4 is 11.9 Å². The van der Waals surface area contributed by atoms with Gasteiger partial charge >= 0.3 is 11.8 Å². The van der Waals surface area contributed by atoms with Crippen molar-refractivity contribution in [3.8, 4) is 0 Å². The summed E-state index contributed by atoms with van der Waals surface area (Å²) in [5.74, 6) is -0.0505. The second kappa shape index (κ2) is 8.17. The van der Waals surface area contributed by atoms with E-state index in [0.29, 0.717) is 0 Å². The number of methoxy groups -OCH3 is 1. The minimum atomic E-state index is -1.40. The standard InChI is InChI=1S/C13H19N3O8/c1-22-4-5-23-13(21)15-8-2-3-16(12(20)14-8)11-10(19)9(18)7(6-17)24-11/h2-3,7,9-11,17-19H,4-6H2,1H3,(H,14,15,20,21)/t7-,9-,10+,11-/m1/s1. The van der Waals surface area contributed by atoms with Gasteiger partial charge in [-0.2, -0.15) is 4.98 Å². The average molecular weight is 345 g/mol. The van der Waals surface area contributed by atoms with Crippen LogP contribution in [0.15, 0.2) is 17.1 Å². The average Bonchev–Trinajstić information content (AvgIpc) is 2.83. The van der Waals surface area contributed by atoms with Gasteiger partial charge in [-0.05, 0) is 6.07 Å². The third-order valence-corrected chi connectivity index (χ3v) is 3.37. The van der Waals surface area contributed by atoms with Gasteiger partial charge in [0.1, 0.15) is 30.7 Å². The predicted octanol–water partition coefficient (Wildman–Crippen LogP) is -1.95. The zero-order chi connectivity index (χ0) is 17.7. The van der Waals surface area contributed by atoms with Gasteiger partial charge in [0.25, 0.3) is 0 Å². The lowest BCUT2D eigenvalue weighted by Gasteiger charge is -2.17. The number of hydrogen-bond donors (Lipinski definition) is 4. The topological polar surface area (TPSA) is 152 Å². The van der Waals surface area contributed by atoms with E-state index in [1.54, 1.807) is 0 Å². The molecule has 0 saturated carbocycles. The fourth-order valence-electron chi connectivity index (χ4n) is 2.14. The Morgan fingerprint density at radius 1 is 1.42 bits per heavy atom. The van der Waals surface area contributed by atoms with E-state index in [1.807, 2.05) is 0 Å². The molecule has 24 heavy (non-hydrogen) atoms. The molecule has 2 heterocycles. The van der Waals surface area contributed by atoms with Crippen molar-refractivity contribution in [2.75, 3.05) is 32.2 Å². The quantitative estimate of drug-likeness (QED) is 0.431. The van der Waals surface area contributed by atoms with E-state index in [-0.39, 0.29) is 19.0 Å². The van der Waals surface area contributed by atoms with Crippen molar-refractivity contribution in [3.63, 3.8) is 0 Å². The molecular weight excluding hydrogens is 326 g/mol. The van der Waals surface area contributed by atoms with E-state index < -0.39 is 42.9 Å². The molecular formula is C13H19N3O8. The normalized spacial score (nSPS) is 26.3. The van der Waals surface area contributed by atoms with Crippen LogP contribution in [0.25, 0.3) is 0 Å². The lowest BCUT2D eigenvalue weighted by molar-refractivity contribution is -0.0549. The van der Waals surface area contributed by atoms with Crippen molar-refractivity contribution in [1.29, 1.82) is 0 Å². The lowest BCUT2D eigenvalue weighted by atomic mass is 10.1. The summed E-state index contributed by atoms with van der Waals surface area (Å²) in [6, 6.07) is 1.30. The largest absolute Gasteiger partial charge is 0.447 e. The first-order valence-electron chi connectivity index (χ1n) is 7.12. The monoisotopic (exact) mass is 345 g/mol. The molecule has 0 aromatic carbocycles. The van der Waals surface area contributed by atoms with E-state index >= 15 is 0 Å². The van der Waals surface area contributed by atoms with Crippen LogP contribution in [-0.4, -0.2) is 76.2 Å². The van der Waals surface area contributed by atoms with Crippen molar-refractivity contribution in [3.05, 3.63) is 22.7 Å². The van der Waals surface area contributed by atoms with Gasteiger partial charge in [0.05, 0.1) is 13.2 Å². The van der Waals surface area contributed by atoms with E-state index in [0.717, 1.165) is 4.57 Å². The van der Waals surface area contributed by atoms with Crippen LogP contribution in [0.4, 0.5) is 10.6 Å². The summed E-state index contributed by atoms with van der Waals surface area (Å²) in [5, 5.41) is 30.9.